The van der Waals surface area contributed by atoms with Gasteiger partial charge in [0.2, 0.25) is 5.60 Å². The van der Waals surface area contributed by atoms with Gasteiger partial charge in [-0.2, -0.15) is 10.4 Å². The van der Waals surface area contributed by atoms with Crippen LogP contribution in [0.4, 0.5) is 5.82 Å². The van der Waals surface area contributed by atoms with Crippen molar-refractivity contribution in [1.82, 2.24) is 24.8 Å². The summed E-state index contributed by atoms with van der Waals surface area (Å²) in [5.74, 6) is -2.60. The second-order valence-corrected chi connectivity index (χ2v) is 12.2. The minimum atomic E-state index is -2.00. The number of hydrogen-bond acceptors (Lipinski definition) is 14. The molecule has 1 fully saturated rings. The molecule has 0 aromatic carbocycles. The number of esters is 3. The highest BCUT2D eigenvalue weighted by Crippen LogP contribution is 2.36. The molecule has 0 saturated carbocycles. The number of methoxy groups -OCH3 is 1. The molecule has 16 heteroatoms. The van der Waals surface area contributed by atoms with Gasteiger partial charge in [-0.05, 0) is 19.1 Å². The number of aromatic nitrogens is 3. The van der Waals surface area contributed by atoms with E-state index >= 15 is 0 Å². The molecule has 0 amide bonds. The lowest BCUT2D eigenvalue weighted by Gasteiger charge is -2.37. The lowest BCUT2D eigenvalue weighted by molar-refractivity contribution is -0.201. The molecule has 1 N–H and O–H groups in total. The number of nitrogens with zero attached hydrogens (tertiary/aromatic N) is 6. The fraction of sp³-hybridized carbons (Fsp3) is 0.656. The van der Waals surface area contributed by atoms with Crippen molar-refractivity contribution in [3.8, 4) is 6.07 Å². The van der Waals surface area contributed by atoms with Crippen molar-refractivity contribution in [3.05, 3.63) is 24.2 Å². The van der Waals surface area contributed by atoms with Crippen LogP contribution in [0.3, 0.4) is 0 Å². The highest BCUT2D eigenvalue weighted by molar-refractivity contribution is 5.75. The predicted molar refractivity (Wildman–Crippen MR) is 172 cm³/mol. The summed E-state index contributed by atoms with van der Waals surface area (Å²) in [5.41, 5.74) is -1.26. The number of rotatable bonds is 17. The summed E-state index contributed by atoms with van der Waals surface area (Å²) in [5, 5.41) is 17.9. The third kappa shape index (κ3) is 9.92. The summed E-state index contributed by atoms with van der Waals surface area (Å²) in [6.45, 7) is 8.62. The Hall–Kier alpha value is -4.17. The second-order valence-electron chi connectivity index (χ2n) is 12.2. The molecule has 1 saturated heterocycles. The number of aliphatic imine (C=N–C) groups is 1. The van der Waals surface area contributed by atoms with E-state index in [1.165, 1.54) is 18.0 Å². The minimum absolute atomic E-state index is 0.188. The molecule has 16 nitrogen and oxygen atoms in total. The average molecular weight is 674 g/mol. The molecule has 48 heavy (non-hydrogen) atoms. The van der Waals surface area contributed by atoms with Crippen molar-refractivity contribution in [3.63, 3.8) is 0 Å². The molecule has 2 aromatic rings. The number of carbonyl (C=O) groups excluding carboxylic acids is 3. The number of hydrogen-bond donors (Lipinski definition) is 1. The van der Waals surface area contributed by atoms with Crippen LogP contribution in [0.2, 0.25) is 0 Å². The van der Waals surface area contributed by atoms with Crippen molar-refractivity contribution >= 4 is 35.6 Å². The Morgan fingerprint density at radius 2 is 1.79 bits per heavy atom. The van der Waals surface area contributed by atoms with Gasteiger partial charge >= 0.3 is 17.9 Å². The van der Waals surface area contributed by atoms with E-state index < -0.39 is 60.2 Å². The van der Waals surface area contributed by atoms with E-state index in [-0.39, 0.29) is 18.5 Å². The van der Waals surface area contributed by atoms with E-state index in [0.717, 1.165) is 0 Å². The maximum Gasteiger partial charge on any atom is 0.323 e. The lowest BCUT2D eigenvalue weighted by Crippen LogP contribution is -2.54. The van der Waals surface area contributed by atoms with E-state index in [1.54, 1.807) is 58.0 Å². The van der Waals surface area contributed by atoms with Crippen LogP contribution in [-0.2, 0) is 42.8 Å². The highest BCUT2D eigenvalue weighted by Gasteiger charge is 2.51. The van der Waals surface area contributed by atoms with E-state index in [0.29, 0.717) is 37.4 Å². The van der Waals surface area contributed by atoms with Crippen molar-refractivity contribution in [1.29, 1.82) is 5.26 Å². The van der Waals surface area contributed by atoms with Gasteiger partial charge < -0.3 is 33.3 Å². The monoisotopic (exact) mass is 673 g/mol. The van der Waals surface area contributed by atoms with Gasteiger partial charge in [0, 0.05) is 34.0 Å². The molecular formula is C32H47N7O9. The van der Waals surface area contributed by atoms with Gasteiger partial charge in [0.1, 0.15) is 30.1 Å². The van der Waals surface area contributed by atoms with Crippen molar-refractivity contribution in [2.24, 2.45) is 16.8 Å². The summed E-state index contributed by atoms with van der Waals surface area (Å²) >= 11 is 0. The molecule has 0 unspecified atom stereocenters. The molecule has 4 atom stereocenters. The Labute approximate surface area is 280 Å². The smallest absolute Gasteiger partial charge is 0.323 e. The van der Waals surface area contributed by atoms with Crippen LogP contribution in [0.5, 0.6) is 0 Å². The Morgan fingerprint density at radius 1 is 1.12 bits per heavy atom. The number of fused-ring (bicyclic) bond motifs is 1. The van der Waals surface area contributed by atoms with Gasteiger partial charge in [-0.1, -0.05) is 27.7 Å². The van der Waals surface area contributed by atoms with Crippen LogP contribution < -0.4 is 5.32 Å². The third-order valence-corrected chi connectivity index (χ3v) is 7.49. The van der Waals surface area contributed by atoms with Crippen LogP contribution in [0.25, 0.3) is 5.52 Å². The quantitative estimate of drug-likeness (QED) is 0.0643. The maximum atomic E-state index is 13.2. The van der Waals surface area contributed by atoms with Crippen LogP contribution in [0.1, 0.15) is 59.3 Å². The maximum absolute atomic E-state index is 13.2. The predicted octanol–water partition coefficient (Wildman–Crippen LogP) is 2.34. The first-order valence-corrected chi connectivity index (χ1v) is 15.8. The highest BCUT2D eigenvalue weighted by atomic mass is 16.6. The van der Waals surface area contributed by atoms with Gasteiger partial charge in [0.15, 0.2) is 18.0 Å². The van der Waals surface area contributed by atoms with Crippen LogP contribution >= 0.6 is 0 Å². The molecule has 264 valence electrons. The first-order chi connectivity index (χ1) is 22.8. The summed E-state index contributed by atoms with van der Waals surface area (Å²) in [6.07, 6.45) is 0.954. The minimum Gasteiger partial charge on any atom is -0.461 e. The number of ether oxygens (including phenoxy) is 6. The van der Waals surface area contributed by atoms with E-state index in [2.05, 4.69) is 26.5 Å². The van der Waals surface area contributed by atoms with Crippen LogP contribution in [-0.4, -0.2) is 115 Å². The zero-order valence-corrected chi connectivity index (χ0v) is 28.9. The van der Waals surface area contributed by atoms with E-state index in [4.69, 9.17) is 28.4 Å². The van der Waals surface area contributed by atoms with Gasteiger partial charge in [0.25, 0.3) is 0 Å². The first-order valence-electron chi connectivity index (χ1n) is 15.8. The summed E-state index contributed by atoms with van der Waals surface area (Å²) in [7, 11) is 4.88. The standard InChI is InChI=1S/C32H47N7O9/c1-20(2)29(40)47-26(24-9-10-25-28(35-18-38(6)7)34-17-37-39(24)25)27(48-30(41)21(3)4)32(15-33,43-8)16-45-19-36-22(5)31(42)46-23-11-13-44-14-12-23/h9-10,17-18,20-23,26-27,36H,11-14,16,19H2,1-8H3/t22-,26-,27-,32+/m0/s1. The molecule has 0 bridgehead atoms. The largest absolute Gasteiger partial charge is 0.461 e. The van der Waals surface area contributed by atoms with Gasteiger partial charge in [-0.15, -0.1) is 0 Å². The number of carbonyl (C=O) groups is 3. The zero-order chi connectivity index (χ0) is 35.4. The molecule has 0 aliphatic carbocycles. The fourth-order valence-corrected chi connectivity index (χ4v) is 4.56. The fourth-order valence-electron chi connectivity index (χ4n) is 4.56. The number of nitriles is 1. The molecular weight excluding hydrogens is 626 g/mol. The molecule has 2 aromatic heterocycles. The lowest BCUT2D eigenvalue weighted by atomic mass is 9.92. The van der Waals surface area contributed by atoms with E-state index in [9.17, 15) is 19.6 Å². The summed E-state index contributed by atoms with van der Waals surface area (Å²) < 4.78 is 35.8. The van der Waals surface area contributed by atoms with Crippen molar-refractivity contribution in [2.75, 3.05) is 47.8 Å². The third-order valence-electron chi connectivity index (χ3n) is 7.49. The average Bonchev–Trinajstić information content (AvgIpc) is 3.50. The Kier molecular flexibility index (Phi) is 14.2. The first kappa shape index (κ1) is 38.3. The molecule has 3 rings (SSSR count). The van der Waals surface area contributed by atoms with E-state index in [1.807, 2.05) is 14.1 Å². The Balaban J connectivity index is 1.96. The molecule has 0 spiro atoms. The topological polar surface area (TPSA) is 188 Å². The van der Waals surface area contributed by atoms with Gasteiger partial charge in [-0.3, -0.25) is 19.7 Å². The molecule has 0 radical (unpaired) electrons. The summed E-state index contributed by atoms with van der Waals surface area (Å²) in [4.78, 5) is 49.3. The second kappa shape index (κ2) is 17.8. The normalized spacial score (nSPS) is 17.1. The van der Waals surface area contributed by atoms with Crippen molar-refractivity contribution in [2.45, 2.75) is 77.4 Å². The summed E-state index contributed by atoms with van der Waals surface area (Å²) in [6, 6.07) is 4.67. The Bertz CT molecular complexity index is 1450. The molecule has 3 heterocycles. The molecule has 1 aliphatic heterocycles. The van der Waals surface area contributed by atoms with Gasteiger partial charge in [-0.25, -0.2) is 14.5 Å². The molecule has 1 aliphatic rings. The van der Waals surface area contributed by atoms with Crippen LogP contribution in [0.15, 0.2) is 23.5 Å². The van der Waals surface area contributed by atoms with Crippen molar-refractivity contribution < 1.29 is 42.8 Å². The zero-order valence-electron chi connectivity index (χ0n) is 28.9. The Morgan fingerprint density at radius 3 is 2.40 bits per heavy atom. The van der Waals surface area contributed by atoms with Crippen LogP contribution in [0, 0.1) is 23.2 Å². The number of nitrogens with one attached hydrogen (secondary N) is 1. The van der Waals surface area contributed by atoms with Gasteiger partial charge in [0.05, 0.1) is 50.4 Å². The SMILES string of the molecule is CO[C@](C#N)(COCN[C@@H](C)C(=O)OC1CCOCC1)[C@@H](OC(=O)C(C)C)[C@@H](OC(=O)C(C)C)c1ccc2c(N=CN(C)C)ncnn12.